The maximum atomic E-state index is 15.0. The summed E-state index contributed by atoms with van der Waals surface area (Å²) in [5, 5.41) is 17.6. The van der Waals surface area contributed by atoms with E-state index in [9.17, 15) is 14.7 Å². The van der Waals surface area contributed by atoms with E-state index in [1.165, 1.54) is 6.07 Å². The molecule has 1 amide bonds. The fourth-order valence-corrected chi connectivity index (χ4v) is 7.78. The summed E-state index contributed by atoms with van der Waals surface area (Å²) < 4.78 is 10.2. The van der Waals surface area contributed by atoms with Crippen molar-refractivity contribution in [3.05, 3.63) is 104 Å². The van der Waals surface area contributed by atoms with E-state index in [2.05, 4.69) is 16.5 Å². The highest BCUT2D eigenvalue weighted by Gasteiger charge is 2.37. The number of amides is 1. The van der Waals surface area contributed by atoms with E-state index in [0.29, 0.717) is 53.3 Å². The van der Waals surface area contributed by atoms with Crippen molar-refractivity contribution < 1.29 is 19.4 Å². The first-order valence-electron chi connectivity index (χ1n) is 16.6. The molecular weight excluding hydrogens is 673 g/mol. The number of anilines is 1. The monoisotopic (exact) mass is 709 g/mol. The molecule has 1 aliphatic heterocycles. The molecule has 50 heavy (non-hydrogen) atoms. The SMILES string of the molecule is Cc1cc(OCCCc2c3n(c4c(-c5c(C)nn(C)c5C)c(Cl)ccc24)C(C)CN(c2cc(C(=O)O)nc4ccccc24)C3=O)cc(C)c1Cl. The first kappa shape index (κ1) is 33.6. The zero-order valence-corrected chi connectivity index (χ0v) is 30.3. The molecule has 4 heterocycles. The Morgan fingerprint density at radius 1 is 1.00 bits per heavy atom. The van der Waals surface area contributed by atoms with Gasteiger partial charge in [-0.2, -0.15) is 5.10 Å². The molecule has 9 nitrogen and oxygen atoms in total. The van der Waals surface area contributed by atoms with E-state index in [4.69, 9.17) is 33.0 Å². The Labute approximate surface area is 300 Å². The summed E-state index contributed by atoms with van der Waals surface area (Å²) in [5.41, 5.74) is 8.75. The highest BCUT2D eigenvalue weighted by atomic mass is 35.5. The van der Waals surface area contributed by atoms with Crippen molar-refractivity contribution in [3.8, 4) is 16.9 Å². The minimum Gasteiger partial charge on any atom is -0.494 e. The Morgan fingerprint density at radius 2 is 1.72 bits per heavy atom. The van der Waals surface area contributed by atoms with Crippen LogP contribution in [0.3, 0.4) is 0 Å². The van der Waals surface area contributed by atoms with Crippen molar-refractivity contribution in [3.63, 3.8) is 0 Å². The molecule has 0 saturated heterocycles. The van der Waals surface area contributed by atoms with Crippen molar-refractivity contribution in [2.75, 3.05) is 18.1 Å². The average molecular weight is 711 g/mol. The molecule has 0 spiro atoms. The van der Waals surface area contributed by atoms with Crippen molar-refractivity contribution in [1.29, 1.82) is 0 Å². The maximum Gasteiger partial charge on any atom is 0.354 e. The lowest BCUT2D eigenvalue weighted by molar-refractivity contribution is 0.0690. The Bertz CT molecular complexity index is 2350. The van der Waals surface area contributed by atoms with Crippen LogP contribution >= 0.6 is 23.2 Å². The largest absolute Gasteiger partial charge is 0.494 e. The van der Waals surface area contributed by atoms with Gasteiger partial charge >= 0.3 is 5.97 Å². The van der Waals surface area contributed by atoms with Gasteiger partial charge in [0.05, 0.1) is 34.0 Å². The smallest absolute Gasteiger partial charge is 0.354 e. The molecule has 1 N–H and O–H groups in total. The summed E-state index contributed by atoms with van der Waals surface area (Å²) in [6, 6.07) is 16.4. The number of hydrogen-bond acceptors (Lipinski definition) is 5. The van der Waals surface area contributed by atoms with Crippen LogP contribution in [0.25, 0.3) is 32.9 Å². The lowest BCUT2D eigenvalue weighted by Gasteiger charge is -2.35. The highest BCUT2D eigenvalue weighted by Crippen LogP contribution is 2.45. The molecule has 0 saturated carbocycles. The van der Waals surface area contributed by atoms with Crippen LogP contribution in [-0.4, -0.2) is 49.5 Å². The third-order valence-electron chi connectivity index (χ3n) is 9.77. The number of carboxylic acid groups (broad SMARTS) is 1. The van der Waals surface area contributed by atoms with Gasteiger partial charge in [0.15, 0.2) is 5.69 Å². The van der Waals surface area contributed by atoms with Gasteiger partial charge < -0.3 is 19.3 Å². The third-order valence-corrected chi connectivity index (χ3v) is 10.7. The normalized spacial score (nSPS) is 14.5. The summed E-state index contributed by atoms with van der Waals surface area (Å²) in [5.74, 6) is -0.620. The number of aromatic nitrogens is 4. The molecule has 256 valence electrons. The van der Waals surface area contributed by atoms with Crippen molar-refractivity contribution in [2.24, 2.45) is 7.05 Å². The zero-order chi connectivity index (χ0) is 35.6. The van der Waals surface area contributed by atoms with Gasteiger partial charge in [0, 0.05) is 52.3 Å². The topological polar surface area (TPSA) is 102 Å². The molecule has 7 rings (SSSR count). The van der Waals surface area contributed by atoms with Crippen molar-refractivity contribution >= 4 is 62.6 Å². The first-order chi connectivity index (χ1) is 23.9. The van der Waals surface area contributed by atoms with Gasteiger partial charge in [0.1, 0.15) is 11.4 Å². The Kier molecular flexibility index (Phi) is 8.60. The fraction of sp³-hybridized carbons (Fsp3) is 0.282. The lowest BCUT2D eigenvalue weighted by atomic mass is 9.98. The van der Waals surface area contributed by atoms with Crippen LogP contribution in [0, 0.1) is 27.7 Å². The second kappa shape index (κ2) is 12.8. The van der Waals surface area contributed by atoms with Gasteiger partial charge in [-0.05, 0) is 94.5 Å². The van der Waals surface area contributed by atoms with E-state index in [0.717, 1.165) is 60.9 Å². The molecule has 0 aliphatic carbocycles. The first-order valence-corrected chi connectivity index (χ1v) is 17.3. The van der Waals surface area contributed by atoms with E-state index in [-0.39, 0.29) is 17.6 Å². The van der Waals surface area contributed by atoms with E-state index in [1.54, 1.807) is 11.0 Å². The highest BCUT2D eigenvalue weighted by molar-refractivity contribution is 6.35. The van der Waals surface area contributed by atoms with Crippen LogP contribution in [-0.2, 0) is 13.5 Å². The summed E-state index contributed by atoms with van der Waals surface area (Å²) in [7, 11) is 1.91. The molecular formula is C39H37Cl2N5O4. The standard InChI is InChI=1S/C39H37Cl2N5O4/c1-20-16-25(17-21(2)35(20)41)50-15-9-11-26-27-13-14-29(40)34(33-23(4)43-44(6)24(33)5)36(27)46-22(3)19-45(38(47)37(26)46)32-18-31(39(48)49)42-30-12-8-7-10-28(30)32/h7-8,10,12-14,16-18,22H,9,11,15,19H2,1-6H3,(H,48,49). The number of carbonyl (C=O) groups is 2. The summed E-state index contributed by atoms with van der Waals surface area (Å²) in [4.78, 5) is 33.2. The number of aryl methyl sites for hydroxylation is 5. The van der Waals surface area contributed by atoms with Gasteiger partial charge in [-0.1, -0.05) is 47.5 Å². The van der Waals surface area contributed by atoms with Crippen LogP contribution in [0.4, 0.5) is 5.69 Å². The number of fused-ring (bicyclic) bond motifs is 4. The Balaban J connectivity index is 1.39. The number of carboxylic acids is 1. The van der Waals surface area contributed by atoms with Crippen LogP contribution in [0.2, 0.25) is 10.0 Å². The van der Waals surface area contributed by atoms with Gasteiger partial charge in [-0.25, -0.2) is 9.78 Å². The number of para-hydroxylation sites is 1. The van der Waals surface area contributed by atoms with E-state index < -0.39 is 5.97 Å². The zero-order valence-electron chi connectivity index (χ0n) is 28.8. The van der Waals surface area contributed by atoms with Gasteiger partial charge in [0.25, 0.3) is 5.91 Å². The molecule has 3 aromatic heterocycles. The second-order valence-corrected chi connectivity index (χ2v) is 13.9. The van der Waals surface area contributed by atoms with E-state index >= 15 is 0 Å². The number of hydrogen-bond donors (Lipinski definition) is 1. The molecule has 1 aliphatic rings. The number of halogens is 2. The lowest BCUT2D eigenvalue weighted by Crippen LogP contribution is -2.43. The van der Waals surface area contributed by atoms with Gasteiger partial charge in [-0.15, -0.1) is 0 Å². The van der Waals surface area contributed by atoms with Crippen LogP contribution in [0.5, 0.6) is 5.75 Å². The van der Waals surface area contributed by atoms with Crippen LogP contribution in [0.15, 0.2) is 54.6 Å². The predicted octanol–water partition coefficient (Wildman–Crippen LogP) is 9.06. The predicted molar refractivity (Wildman–Crippen MR) is 198 cm³/mol. The second-order valence-electron chi connectivity index (χ2n) is 13.1. The molecule has 1 unspecified atom stereocenters. The van der Waals surface area contributed by atoms with Crippen LogP contribution in [0.1, 0.15) is 68.4 Å². The summed E-state index contributed by atoms with van der Waals surface area (Å²) in [6.45, 7) is 10.7. The minimum absolute atomic E-state index is 0.119. The Hall–Kier alpha value is -4.86. The van der Waals surface area contributed by atoms with Gasteiger partial charge in [-0.3, -0.25) is 9.48 Å². The maximum absolute atomic E-state index is 15.0. The number of rotatable bonds is 8. The van der Waals surface area contributed by atoms with Crippen molar-refractivity contribution in [1.82, 2.24) is 19.3 Å². The molecule has 3 aromatic carbocycles. The number of carbonyl (C=O) groups excluding carboxylic acids is 1. The fourth-order valence-electron chi connectivity index (χ4n) is 7.43. The molecule has 0 bridgehead atoms. The molecule has 6 aromatic rings. The number of aromatic carboxylic acids is 1. The number of nitrogens with zero attached hydrogens (tertiary/aromatic N) is 5. The van der Waals surface area contributed by atoms with Crippen molar-refractivity contribution in [2.45, 2.75) is 53.5 Å². The average Bonchev–Trinajstić information content (AvgIpc) is 3.55. The van der Waals surface area contributed by atoms with Gasteiger partial charge in [0.2, 0.25) is 0 Å². The van der Waals surface area contributed by atoms with E-state index in [1.807, 2.05) is 81.9 Å². The summed E-state index contributed by atoms with van der Waals surface area (Å²) in [6.07, 6.45) is 1.19. The summed E-state index contributed by atoms with van der Waals surface area (Å²) >= 11 is 13.4. The number of ether oxygens (including phenoxy) is 1. The quantitative estimate of drug-likeness (QED) is 0.158. The third kappa shape index (κ3) is 5.49. The molecule has 1 atom stereocenters. The van der Waals surface area contributed by atoms with Crippen LogP contribution < -0.4 is 9.64 Å². The number of benzene rings is 3. The minimum atomic E-state index is -1.16. The molecule has 0 fully saturated rings. The number of pyridine rings is 1. The Morgan fingerprint density at radius 3 is 2.40 bits per heavy atom. The molecule has 0 radical (unpaired) electrons. The molecule has 11 heteroatoms.